The van der Waals surface area contributed by atoms with Crippen molar-refractivity contribution in [2.75, 3.05) is 23.8 Å². The van der Waals surface area contributed by atoms with Crippen LogP contribution in [0.5, 0.6) is 11.5 Å². The summed E-state index contributed by atoms with van der Waals surface area (Å²) in [6, 6.07) is 9.28. The SMILES string of the molecule is CC(C)C(=O)Nc1ccc(Nc2ccc3c(c2)OCCO3)nc1. The highest BCUT2D eigenvalue weighted by Gasteiger charge is 2.12. The van der Waals surface area contributed by atoms with Crippen LogP contribution in [-0.4, -0.2) is 24.1 Å². The first-order chi connectivity index (χ1) is 11.1. The Hall–Kier alpha value is -2.76. The normalized spacial score (nSPS) is 12.8. The van der Waals surface area contributed by atoms with Crippen molar-refractivity contribution >= 4 is 23.1 Å². The molecule has 1 amide bonds. The smallest absolute Gasteiger partial charge is 0.226 e. The van der Waals surface area contributed by atoms with Crippen LogP contribution in [0.1, 0.15) is 13.8 Å². The molecule has 6 heteroatoms. The summed E-state index contributed by atoms with van der Waals surface area (Å²) in [5.74, 6) is 2.07. The monoisotopic (exact) mass is 313 g/mol. The number of pyridine rings is 1. The van der Waals surface area contributed by atoms with Gasteiger partial charge in [0.2, 0.25) is 5.91 Å². The van der Waals surface area contributed by atoms with E-state index in [4.69, 9.17) is 9.47 Å². The number of anilines is 3. The first kappa shape index (κ1) is 15.1. The van der Waals surface area contributed by atoms with E-state index < -0.39 is 0 Å². The van der Waals surface area contributed by atoms with Gasteiger partial charge in [0, 0.05) is 17.7 Å². The Morgan fingerprint density at radius 2 is 1.83 bits per heavy atom. The Bertz CT molecular complexity index is 699. The fourth-order valence-electron chi connectivity index (χ4n) is 2.10. The fourth-order valence-corrected chi connectivity index (χ4v) is 2.10. The largest absolute Gasteiger partial charge is 0.486 e. The van der Waals surface area contributed by atoms with Crippen molar-refractivity contribution in [3.05, 3.63) is 36.5 Å². The zero-order chi connectivity index (χ0) is 16.2. The lowest BCUT2D eigenvalue weighted by molar-refractivity contribution is -0.118. The average Bonchev–Trinajstić information content (AvgIpc) is 2.56. The minimum absolute atomic E-state index is 0.0284. The number of fused-ring (bicyclic) bond motifs is 1. The molecule has 3 rings (SSSR count). The summed E-state index contributed by atoms with van der Waals surface area (Å²) < 4.78 is 11.0. The summed E-state index contributed by atoms with van der Waals surface area (Å²) in [6.45, 7) is 4.82. The molecular weight excluding hydrogens is 294 g/mol. The van der Waals surface area contributed by atoms with Crippen molar-refractivity contribution in [2.45, 2.75) is 13.8 Å². The Morgan fingerprint density at radius 3 is 2.52 bits per heavy atom. The Morgan fingerprint density at radius 1 is 1.09 bits per heavy atom. The number of nitrogens with one attached hydrogen (secondary N) is 2. The molecule has 0 saturated heterocycles. The molecular formula is C17H19N3O3. The topological polar surface area (TPSA) is 72.5 Å². The van der Waals surface area contributed by atoms with Gasteiger partial charge in [-0.15, -0.1) is 0 Å². The highest BCUT2D eigenvalue weighted by Crippen LogP contribution is 2.33. The van der Waals surface area contributed by atoms with E-state index in [1.165, 1.54) is 0 Å². The van der Waals surface area contributed by atoms with Gasteiger partial charge in [-0.1, -0.05) is 13.8 Å². The molecule has 6 nitrogen and oxygen atoms in total. The minimum atomic E-state index is -0.0643. The number of carbonyl (C=O) groups excluding carboxylic acids is 1. The number of benzene rings is 1. The van der Waals surface area contributed by atoms with Gasteiger partial charge in [0.15, 0.2) is 11.5 Å². The molecule has 2 aromatic rings. The zero-order valence-electron chi connectivity index (χ0n) is 13.1. The van der Waals surface area contributed by atoms with E-state index in [2.05, 4.69) is 15.6 Å². The van der Waals surface area contributed by atoms with Crippen LogP contribution in [0.15, 0.2) is 36.5 Å². The van der Waals surface area contributed by atoms with Gasteiger partial charge in [0.05, 0.1) is 11.9 Å². The molecule has 0 saturated carbocycles. The first-order valence-corrected chi connectivity index (χ1v) is 7.55. The summed E-state index contributed by atoms with van der Waals surface area (Å²) in [7, 11) is 0. The second-order valence-corrected chi connectivity index (χ2v) is 5.56. The Kier molecular flexibility index (Phi) is 4.32. The van der Waals surface area contributed by atoms with Crippen molar-refractivity contribution in [3.63, 3.8) is 0 Å². The molecule has 1 aromatic heterocycles. The second-order valence-electron chi connectivity index (χ2n) is 5.56. The van der Waals surface area contributed by atoms with E-state index in [1.807, 2.05) is 44.2 Å². The number of carbonyl (C=O) groups is 1. The zero-order valence-corrected chi connectivity index (χ0v) is 13.1. The number of hydrogen-bond acceptors (Lipinski definition) is 5. The van der Waals surface area contributed by atoms with E-state index in [0.29, 0.717) is 24.7 Å². The highest BCUT2D eigenvalue weighted by molar-refractivity contribution is 5.91. The fraction of sp³-hybridized carbons (Fsp3) is 0.294. The third-order valence-electron chi connectivity index (χ3n) is 3.37. The second kappa shape index (κ2) is 6.56. The van der Waals surface area contributed by atoms with Crippen LogP contribution < -0.4 is 20.1 Å². The number of ether oxygens (including phenoxy) is 2. The van der Waals surface area contributed by atoms with Crippen LogP contribution in [0.3, 0.4) is 0 Å². The standard InChI is InChI=1S/C17H19N3O3/c1-11(2)17(21)20-13-4-6-16(18-10-13)19-12-3-5-14-15(9-12)23-8-7-22-14/h3-6,9-11H,7-8H2,1-2H3,(H,18,19)(H,20,21). The molecule has 120 valence electrons. The highest BCUT2D eigenvalue weighted by atomic mass is 16.6. The molecule has 0 bridgehead atoms. The van der Waals surface area contributed by atoms with E-state index in [-0.39, 0.29) is 11.8 Å². The van der Waals surface area contributed by atoms with Gasteiger partial charge in [0.25, 0.3) is 0 Å². The molecule has 1 aromatic carbocycles. The van der Waals surface area contributed by atoms with E-state index in [9.17, 15) is 4.79 Å². The van der Waals surface area contributed by atoms with Crippen LogP contribution in [-0.2, 0) is 4.79 Å². The predicted molar refractivity (Wildman–Crippen MR) is 88.4 cm³/mol. The molecule has 0 radical (unpaired) electrons. The van der Waals surface area contributed by atoms with Crippen molar-refractivity contribution < 1.29 is 14.3 Å². The van der Waals surface area contributed by atoms with Gasteiger partial charge in [0.1, 0.15) is 19.0 Å². The third kappa shape index (κ3) is 3.71. The molecule has 1 aliphatic rings. The molecule has 23 heavy (non-hydrogen) atoms. The summed E-state index contributed by atoms with van der Waals surface area (Å²) in [4.78, 5) is 15.9. The minimum Gasteiger partial charge on any atom is -0.486 e. The summed E-state index contributed by atoms with van der Waals surface area (Å²) >= 11 is 0. The first-order valence-electron chi connectivity index (χ1n) is 7.55. The van der Waals surface area contributed by atoms with E-state index in [1.54, 1.807) is 6.20 Å². The molecule has 0 fully saturated rings. The molecule has 0 unspecified atom stereocenters. The summed E-state index contributed by atoms with van der Waals surface area (Å²) in [5, 5.41) is 6.01. The van der Waals surface area contributed by atoms with E-state index >= 15 is 0 Å². The predicted octanol–water partition coefficient (Wildman–Crippen LogP) is 3.19. The van der Waals surface area contributed by atoms with Gasteiger partial charge < -0.3 is 20.1 Å². The van der Waals surface area contributed by atoms with Gasteiger partial charge in [-0.05, 0) is 24.3 Å². The van der Waals surface area contributed by atoms with Gasteiger partial charge >= 0.3 is 0 Å². The quantitative estimate of drug-likeness (QED) is 0.907. The summed E-state index contributed by atoms with van der Waals surface area (Å²) in [6.07, 6.45) is 1.63. The number of hydrogen-bond donors (Lipinski definition) is 2. The third-order valence-corrected chi connectivity index (χ3v) is 3.37. The maximum absolute atomic E-state index is 11.6. The molecule has 2 N–H and O–H groups in total. The number of aromatic nitrogens is 1. The van der Waals surface area contributed by atoms with Crippen LogP contribution in [0.4, 0.5) is 17.2 Å². The van der Waals surface area contributed by atoms with Gasteiger partial charge in [-0.2, -0.15) is 0 Å². The lowest BCUT2D eigenvalue weighted by atomic mass is 10.2. The van der Waals surface area contributed by atoms with Crippen molar-refractivity contribution in [1.29, 1.82) is 0 Å². The average molecular weight is 313 g/mol. The summed E-state index contributed by atoms with van der Waals surface area (Å²) in [5.41, 5.74) is 1.54. The molecule has 0 spiro atoms. The Balaban J connectivity index is 1.67. The van der Waals surface area contributed by atoms with Crippen molar-refractivity contribution in [3.8, 4) is 11.5 Å². The van der Waals surface area contributed by atoms with Crippen LogP contribution >= 0.6 is 0 Å². The van der Waals surface area contributed by atoms with Gasteiger partial charge in [-0.3, -0.25) is 4.79 Å². The molecule has 0 atom stereocenters. The van der Waals surface area contributed by atoms with Crippen LogP contribution in [0, 0.1) is 5.92 Å². The van der Waals surface area contributed by atoms with Gasteiger partial charge in [-0.25, -0.2) is 4.98 Å². The maximum atomic E-state index is 11.6. The van der Waals surface area contributed by atoms with E-state index in [0.717, 1.165) is 17.2 Å². The number of rotatable bonds is 4. The number of amides is 1. The lowest BCUT2D eigenvalue weighted by Gasteiger charge is -2.19. The van der Waals surface area contributed by atoms with Crippen molar-refractivity contribution in [1.82, 2.24) is 4.98 Å². The molecule has 0 aliphatic carbocycles. The maximum Gasteiger partial charge on any atom is 0.226 e. The lowest BCUT2D eigenvalue weighted by Crippen LogP contribution is -2.17. The number of nitrogens with zero attached hydrogens (tertiary/aromatic N) is 1. The molecule has 1 aliphatic heterocycles. The van der Waals surface area contributed by atoms with Crippen molar-refractivity contribution in [2.24, 2.45) is 5.92 Å². The van der Waals surface area contributed by atoms with Crippen LogP contribution in [0.25, 0.3) is 0 Å². The van der Waals surface area contributed by atoms with Crippen LogP contribution in [0.2, 0.25) is 0 Å². The Labute approximate surface area is 134 Å². The molecule has 2 heterocycles.